The third kappa shape index (κ3) is 4.56. The molecular weight excluding hydrogens is 369 g/mol. The molecule has 19 heavy (non-hydrogen) atoms. The average molecular weight is 391 g/mol. The summed E-state index contributed by atoms with van der Waals surface area (Å²) in [5.74, 6) is 2.65. The van der Waals surface area contributed by atoms with E-state index < -0.39 is 0 Å². The first kappa shape index (κ1) is 16.6. The fourth-order valence-electron chi connectivity index (χ4n) is 2.26. The molecule has 2 N–H and O–H groups in total. The second-order valence-electron chi connectivity index (χ2n) is 4.47. The van der Waals surface area contributed by atoms with Crippen molar-refractivity contribution in [2.24, 2.45) is 4.99 Å². The van der Waals surface area contributed by atoms with Crippen LogP contribution in [0, 0.1) is 0 Å². The topological polar surface area (TPSA) is 36.4 Å². The molecule has 0 aromatic heterocycles. The van der Waals surface area contributed by atoms with E-state index >= 15 is 0 Å². The van der Waals surface area contributed by atoms with Gasteiger partial charge in [0.05, 0.1) is 0 Å². The molecule has 0 aliphatic heterocycles. The summed E-state index contributed by atoms with van der Waals surface area (Å²) in [6.45, 7) is 1.93. The van der Waals surface area contributed by atoms with Crippen molar-refractivity contribution in [2.45, 2.75) is 12.3 Å². The Kier molecular flexibility index (Phi) is 7.60. The molecular formula is C14H22IN3S. The minimum Gasteiger partial charge on any atom is -0.356 e. The van der Waals surface area contributed by atoms with Gasteiger partial charge < -0.3 is 10.6 Å². The van der Waals surface area contributed by atoms with E-state index in [9.17, 15) is 0 Å². The number of nitrogens with one attached hydrogen (secondary N) is 2. The minimum absolute atomic E-state index is 0. The van der Waals surface area contributed by atoms with Gasteiger partial charge in [-0.3, -0.25) is 4.99 Å². The van der Waals surface area contributed by atoms with Gasteiger partial charge in [-0.05, 0) is 23.8 Å². The van der Waals surface area contributed by atoms with Crippen LogP contribution in [0.5, 0.6) is 0 Å². The maximum absolute atomic E-state index is 4.23. The molecule has 5 heteroatoms. The Balaban J connectivity index is 0.00000180. The molecule has 1 atom stereocenters. The van der Waals surface area contributed by atoms with Crippen LogP contribution in [0.3, 0.4) is 0 Å². The Hall–Kier alpha value is -0.430. The molecule has 0 spiro atoms. The fraction of sp³-hybridized carbons (Fsp3) is 0.500. The lowest BCUT2D eigenvalue weighted by Crippen LogP contribution is -2.41. The number of hydrogen-bond donors (Lipinski definition) is 2. The Morgan fingerprint density at radius 1 is 1.37 bits per heavy atom. The van der Waals surface area contributed by atoms with Gasteiger partial charge in [-0.15, -0.1) is 24.0 Å². The van der Waals surface area contributed by atoms with Gasteiger partial charge >= 0.3 is 0 Å². The molecule has 0 saturated carbocycles. The van der Waals surface area contributed by atoms with Crippen molar-refractivity contribution in [1.82, 2.24) is 10.6 Å². The van der Waals surface area contributed by atoms with Crippen LogP contribution < -0.4 is 10.6 Å². The van der Waals surface area contributed by atoms with Gasteiger partial charge in [0.15, 0.2) is 5.96 Å². The maximum atomic E-state index is 4.23. The maximum Gasteiger partial charge on any atom is 0.191 e. The number of hydrogen-bond acceptors (Lipinski definition) is 2. The van der Waals surface area contributed by atoms with Crippen LogP contribution in [0.4, 0.5) is 0 Å². The zero-order chi connectivity index (χ0) is 12.8. The summed E-state index contributed by atoms with van der Waals surface area (Å²) in [6.07, 6.45) is 3.30. The predicted molar refractivity (Wildman–Crippen MR) is 96.0 cm³/mol. The molecule has 0 saturated heterocycles. The SMILES string of the molecule is CN=C(NCCSC)NCC1Cc2ccccc21.I. The van der Waals surface area contributed by atoms with E-state index in [0.29, 0.717) is 5.92 Å². The molecule has 3 nitrogen and oxygen atoms in total. The van der Waals surface area contributed by atoms with E-state index in [4.69, 9.17) is 0 Å². The summed E-state index contributed by atoms with van der Waals surface area (Å²) >= 11 is 1.84. The zero-order valence-electron chi connectivity index (χ0n) is 11.5. The van der Waals surface area contributed by atoms with Crippen molar-refractivity contribution in [2.75, 3.05) is 32.1 Å². The Morgan fingerprint density at radius 3 is 2.84 bits per heavy atom. The van der Waals surface area contributed by atoms with Crippen LogP contribution in [0.25, 0.3) is 0 Å². The van der Waals surface area contributed by atoms with Crippen LogP contribution in [-0.2, 0) is 6.42 Å². The van der Waals surface area contributed by atoms with E-state index in [1.807, 2.05) is 18.8 Å². The Bertz CT molecular complexity index is 423. The quantitative estimate of drug-likeness (QED) is 0.351. The number of guanidine groups is 1. The normalized spacial score (nSPS) is 16.9. The molecule has 0 radical (unpaired) electrons. The van der Waals surface area contributed by atoms with Crippen LogP contribution in [0.1, 0.15) is 17.0 Å². The minimum atomic E-state index is 0. The highest BCUT2D eigenvalue weighted by Crippen LogP contribution is 2.33. The fourth-order valence-corrected chi connectivity index (χ4v) is 2.56. The van der Waals surface area contributed by atoms with Crippen molar-refractivity contribution in [3.05, 3.63) is 35.4 Å². The number of thioether (sulfide) groups is 1. The van der Waals surface area contributed by atoms with Crippen molar-refractivity contribution in [3.8, 4) is 0 Å². The summed E-state index contributed by atoms with van der Waals surface area (Å²) in [4.78, 5) is 4.23. The highest BCUT2D eigenvalue weighted by atomic mass is 127. The molecule has 0 bridgehead atoms. The summed E-state index contributed by atoms with van der Waals surface area (Å²) < 4.78 is 0. The summed E-state index contributed by atoms with van der Waals surface area (Å²) in [5, 5.41) is 6.72. The molecule has 0 fully saturated rings. The lowest BCUT2D eigenvalue weighted by molar-refractivity contribution is 0.585. The Morgan fingerprint density at radius 2 is 2.16 bits per heavy atom. The molecule has 0 amide bonds. The second-order valence-corrected chi connectivity index (χ2v) is 5.46. The number of halogens is 1. The summed E-state index contributed by atoms with van der Waals surface area (Å²) in [5.41, 5.74) is 2.99. The van der Waals surface area contributed by atoms with Crippen LogP contribution >= 0.6 is 35.7 Å². The first-order valence-corrected chi connectivity index (χ1v) is 7.75. The van der Waals surface area contributed by atoms with Gasteiger partial charge in [0.25, 0.3) is 0 Å². The molecule has 106 valence electrons. The molecule has 1 unspecified atom stereocenters. The number of rotatable bonds is 5. The molecule has 1 aliphatic carbocycles. The van der Waals surface area contributed by atoms with E-state index in [1.165, 1.54) is 17.5 Å². The predicted octanol–water partition coefficient (Wildman–Crippen LogP) is 2.47. The average Bonchev–Trinajstić information content (AvgIpc) is 2.38. The molecule has 0 heterocycles. The van der Waals surface area contributed by atoms with Crippen molar-refractivity contribution >= 4 is 41.7 Å². The van der Waals surface area contributed by atoms with Gasteiger partial charge in [0.1, 0.15) is 0 Å². The number of fused-ring (bicyclic) bond motifs is 1. The van der Waals surface area contributed by atoms with Gasteiger partial charge in [0.2, 0.25) is 0 Å². The number of nitrogens with zero attached hydrogens (tertiary/aromatic N) is 1. The molecule has 2 rings (SSSR count). The summed E-state index contributed by atoms with van der Waals surface area (Å²) in [6, 6.07) is 8.69. The Labute approximate surface area is 137 Å². The molecule has 1 aromatic rings. The highest BCUT2D eigenvalue weighted by molar-refractivity contribution is 14.0. The van der Waals surface area contributed by atoms with Crippen LogP contribution in [0.2, 0.25) is 0 Å². The monoisotopic (exact) mass is 391 g/mol. The van der Waals surface area contributed by atoms with Crippen LogP contribution in [0.15, 0.2) is 29.3 Å². The summed E-state index contributed by atoms with van der Waals surface area (Å²) in [7, 11) is 1.82. The van der Waals surface area contributed by atoms with E-state index in [0.717, 1.165) is 24.8 Å². The lowest BCUT2D eigenvalue weighted by atomic mass is 9.78. The largest absolute Gasteiger partial charge is 0.356 e. The van der Waals surface area contributed by atoms with E-state index in [2.05, 4.69) is 46.1 Å². The standard InChI is InChI=1S/C14H21N3S.HI/c1-15-14(16-7-8-18-2)17-10-12-9-11-5-3-4-6-13(11)12;/h3-6,12H,7-10H2,1-2H3,(H2,15,16,17);1H. The highest BCUT2D eigenvalue weighted by Gasteiger charge is 2.24. The van der Waals surface area contributed by atoms with Crippen molar-refractivity contribution < 1.29 is 0 Å². The van der Waals surface area contributed by atoms with Gasteiger partial charge in [-0.1, -0.05) is 24.3 Å². The first-order valence-electron chi connectivity index (χ1n) is 6.36. The van der Waals surface area contributed by atoms with E-state index in [1.54, 1.807) is 0 Å². The van der Waals surface area contributed by atoms with Crippen molar-refractivity contribution in [1.29, 1.82) is 0 Å². The van der Waals surface area contributed by atoms with Gasteiger partial charge in [-0.2, -0.15) is 11.8 Å². The number of benzene rings is 1. The van der Waals surface area contributed by atoms with Crippen LogP contribution in [-0.4, -0.2) is 38.1 Å². The lowest BCUT2D eigenvalue weighted by Gasteiger charge is -2.30. The molecule has 1 aromatic carbocycles. The first-order chi connectivity index (χ1) is 8.85. The van der Waals surface area contributed by atoms with E-state index in [-0.39, 0.29) is 24.0 Å². The van der Waals surface area contributed by atoms with Gasteiger partial charge in [-0.25, -0.2) is 0 Å². The molecule has 1 aliphatic rings. The third-order valence-corrected chi connectivity index (χ3v) is 3.91. The zero-order valence-corrected chi connectivity index (χ0v) is 14.6. The smallest absolute Gasteiger partial charge is 0.191 e. The van der Waals surface area contributed by atoms with Crippen molar-refractivity contribution in [3.63, 3.8) is 0 Å². The second kappa shape index (κ2) is 8.68. The third-order valence-electron chi connectivity index (χ3n) is 3.30. The van der Waals surface area contributed by atoms with Gasteiger partial charge in [0, 0.05) is 31.8 Å². The number of aliphatic imine (C=N–C) groups is 1.